The van der Waals surface area contributed by atoms with Crippen LogP contribution in [0.4, 0.5) is 5.82 Å². The molecule has 4 nitrogen and oxygen atoms in total. The van der Waals surface area contributed by atoms with E-state index in [1.54, 1.807) is 6.07 Å². The molecule has 0 spiro atoms. The molecule has 0 fully saturated rings. The summed E-state index contributed by atoms with van der Waals surface area (Å²) in [5, 5.41) is 1.23. The average molecular weight is 319 g/mol. The number of nitrogens with one attached hydrogen (secondary N) is 1. The van der Waals surface area contributed by atoms with E-state index < -0.39 is 0 Å². The van der Waals surface area contributed by atoms with Crippen molar-refractivity contribution in [3.8, 4) is 5.88 Å². The van der Waals surface area contributed by atoms with Crippen LogP contribution in [0.1, 0.15) is 5.56 Å². The molecular formula is C12H10Cl3N3O. The molecule has 2 aromatic rings. The molecule has 0 aliphatic carbocycles. The number of rotatable bonds is 4. The normalized spacial score (nSPS) is 10.3. The number of pyridine rings is 1. The van der Waals surface area contributed by atoms with Crippen LogP contribution in [0, 0.1) is 0 Å². The summed E-state index contributed by atoms with van der Waals surface area (Å²) in [4.78, 5) is 4.07. The largest absolute Gasteiger partial charge is 0.472 e. The quantitative estimate of drug-likeness (QED) is 0.663. The minimum atomic E-state index is 0.235. The molecule has 7 heteroatoms. The Bertz CT molecular complexity index is 592. The smallest absolute Gasteiger partial charge is 0.235 e. The number of nitrogens with zero attached hydrogens (tertiary/aromatic N) is 1. The Morgan fingerprint density at radius 2 is 1.84 bits per heavy atom. The fourth-order valence-corrected chi connectivity index (χ4v) is 2.07. The number of benzene rings is 1. The molecule has 0 amide bonds. The molecule has 3 N–H and O–H groups in total. The topological polar surface area (TPSA) is 60.2 Å². The Kier molecular flexibility index (Phi) is 4.71. The third-order valence-corrected chi connectivity index (χ3v) is 3.28. The predicted molar refractivity (Wildman–Crippen MR) is 77.9 cm³/mol. The van der Waals surface area contributed by atoms with Crippen LogP contribution in [0.25, 0.3) is 0 Å². The van der Waals surface area contributed by atoms with Gasteiger partial charge in [-0.05, 0) is 12.1 Å². The second-order valence-electron chi connectivity index (χ2n) is 3.63. The molecule has 0 unspecified atom stereocenters. The number of aromatic nitrogens is 1. The Labute approximate surface area is 125 Å². The summed E-state index contributed by atoms with van der Waals surface area (Å²) in [6.45, 7) is 0.248. The van der Waals surface area contributed by atoms with Crippen molar-refractivity contribution in [2.45, 2.75) is 6.61 Å². The molecule has 0 bridgehead atoms. The second kappa shape index (κ2) is 6.30. The molecule has 0 aliphatic rings. The van der Waals surface area contributed by atoms with Crippen LogP contribution in [0.15, 0.2) is 30.3 Å². The van der Waals surface area contributed by atoms with E-state index >= 15 is 0 Å². The van der Waals surface area contributed by atoms with Crippen LogP contribution in [0.2, 0.25) is 15.1 Å². The van der Waals surface area contributed by atoms with Gasteiger partial charge in [-0.2, -0.15) is 4.98 Å². The van der Waals surface area contributed by atoms with Gasteiger partial charge in [-0.3, -0.25) is 0 Å². The van der Waals surface area contributed by atoms with Crippen molar-refractivity contribution in [2.75, 3.05) is 5.43 Å². The van der Waals surface area contributed by atoms with Gasteiger partial charge in [0.2, 0.25) is 5.88 Å². The molecule has 1 aromatic carbocycles. The van der Waals surface area contributed by atoms with Crippen LogP contribution < -0.4 is 16.0 Å². The molecular weight excluding hydrogens is 309 g/mol. The number of hydrazine groups is 1. The molecule has 0 radical (unpaired) electrons. The van der Waals surface area contributed by atoms with E-state index in [2.05, 4.69) is 10.4 Å². The first kappa shape index (κ1) is 14.2. The van der Waals surface area contributed by atoms with Gasteiger partial charge in [-0.1, -0.05) is 53.0 Å². The van der Waals surface area contributed by atoms with Gasteiger partial charge in [0.1, 0.15) is 11.6 Å². The van der Waals surface area contributed by atoms with Crippen LogP contribution in [-0.4, -0.2) is 4.98 Å². The van der Waals surface area contributed by atoms with E-state index in [-0.39, 0.29) is 12.5 Å². The lowest BCUT2D eigenvalue weighted by molar-refractivity contribution is 0.294. The zero-order valence-electron chi connectivity index (χ0n) is 9.66. The Balaban J connectivity index is 2.18. The number of halogens is 3. The molecule has 0 saturated carbocycles. The van der Waals surface area contributed by atoms with Crippen LogP contribution >= 0.6 is 34.8 Å². The van der Waals surface area contributed by atoms with Gasteiger partial charge >= 0.3 is 0 Å². The monoisotopic (exact) mass is 317 g/mol. The van der Waals surface area contributed by atoms with Gasteiger partial charge in [0.25, 0.3) is 0 Å². The maximum Gasteiger partial charge on any atom is 0.235 e. The third-order valence-electron chi connectivity index (χ3n) is 2.36. The first-order valence-corrected chi connectivity index (χ1v) is 6.44. The summed E-state index contributed by atoms with van der Waals surface area (Å²) in [6.07, 6.45) is 0. The van der Waals surface area contributed by atoms with Crippen molar-refractivity contribution in [3.63, 3.8) is 0 Å². The number of nitrogen functional groups attached to an aromatic ring is 1. The standard InChI is InChI=1S/C12H10Cl3N3O/c13-8-4-2-1-3-7(8)6-19-12-10(15)5-9(14)11(17-12)18-16/h1-5H,6,16H2,(H,17,18). The molecule has 100 valence electrons. The maximum atomic E-state index is 6.03. The third kappa shape index (κ3) is 3.42. The molecule has 1 heterocycles. The molecule has 19 heavy (non-hydrogen) atoms. The van der Waals surface area contributed by atoms with Crippen molar-refractivity contribution >= 4 is 40.6 Å². The minimum Gasteiger partial charge on any atom is -0.472 e. The average Bonchev–Trinajstić information content (AvgIpc) is 2.39. The molecule has 0 atom stereocenters. The zero-order valence-corrected chi connectivity index (χ0v) is 11.9. The van der Waals surface area contributed by atoms with E-state index in [0.717, 1.165) is 5.56 Å². The lowest BCUT2D eigenvalue weighted by Crippen LogP contribution is -2.10. The highest BCUT2D eigenvalue weighted by Gasteiger charge is 2.10. The summed E-state index contributed by atoms with van der Waals surface area (Å²) >= 11 is 17.9. The highest BCUT2D eigenvalue weighted by Crippen LogP contribution is 2.31. The Morgan fingerprint density at radius 1 is 1.11 bits per heavy atom. The van der Waals surface area contributed by atoms with Gasteiger partial charge in [-0.25, -0.2) is 5.84 Å². The molecule has 0 saturated heterocycles. The highest BCUT2D eigenvalue weighted by molar-refractivity contribution is 6.36. The Morgan fingerprint density at radius 3 is 2.53 bits per heavy atom. The zero-order chi connectivity index (χ0) is 13.8. The van der Waals surface area contributed by atoms with Crippen molar-refractivity contribution in [1.29, 1.82) is 0 Å². The summed E-state index contributed by atoms with van der Waals surface area (Å²) in [7, 11) is 0. The van der Waals surface area contributed by atoms with Gasteiger partial charge in [-0.15, -0.1) is 0 Å². The van der Waals surface area contributed by atoms with E-state index in [1.165, 1.54) is 6.07 Å². The van der Waals surface area contributed by atoms with E-state index in [9.17, 15) is 0 Å². The number of anilines is 1. The minimum absolute atomic E-state index is 0.235. The number of ether oxygens (including phenoxy) is 1. The van der Waals surface area contributed by atoms with E-state index in [0.29, 0.717) is 20.9 Å². The fraction of sp³-hybridized carbons (Fsp3) is 0.0833. The number of hydrogen-bond donors (Lipinski definition) is 2. The van der Waals surface area contributed by atoms with Gasteiger partial charge in [0.05, 0.1) is 5.02 Å². The second-order valence-corrected chi connectivity index (χ2v) is 4.85. The lowest BCUT2D eigenvalue weighted by atomic mass is 10.2. The number of hydrogen-bond acceptors (Lipinski definition) is 4. The summed E-state index contributed by atoms with van der Waals surface area (Å²) in [5.74, 6) is 5.81. The van der Waals surface area contributed by atoms with Gasteiger partial charge in [0.15, 0.2) is 5.82 Å². The first-order chi connectivity index (χ1) is 9.11. The van der Waals surface area contributed by atoms with Crippen LogP contribution in [0.5, 0.6) is 5.88 Å². The summed E-state index contributed by atoms with van der Waals surface area (Å²) < 4.78 is 5.52. The van der Waals surface area contributed by atoms with Crippen molar-refractivity contribution in [2.24, 2.45) is 5.84 Å². The maximum absolute atomic E-state index is 6.03. The SMILES string of the molecule is NNc1nc(OCc2ccccc2Cl)c(Cl)cc1Cl. The summed E-state index contributed by atoms with van der Waals surface area (Å²) in [6, 6.07) is 8.86. The molecule has 2 rings (SSSR count). The fourth-order valence-electron chi connectivity index (χ4n) is 1.41. The van der Waals surface area contributed by atoms with E-state index in [1.807, 2.05) is 18.2 Å². The molecule has 1 aromatic heterocycles. The number of nitrogens with two attached hydrogens (primary N) is 1. The van der Waals surface area contributed by atoms with Gasteiger partial charge in [0, 0.05) is 10.6 Å². The highest BCUT2D eigenvalue weighted by atomic mass is 35.5. The molecule has 0 aliphatic heterocycles. The van der Waals surface area contributed by atoms with Crippen molar-refractivity contribution in [1.82, 2.24) is 4.98 Å². The van der Waals surface area contributed by atoms with Crippen molar-refractivity contribution < 1.29 is 4.74 Å². The lowest BCUT2D eigenvalue weighted by Gasteiger charge is -2.10. The first-order valence-electron chi connectivity index (χ1n) is 5.30. The van der Waals surface area contributed by atoms with Gasteiger partial charge < -0.3 is 10.2 Å². The van der Waals surface area contributed by atoms with Crippen molar-refractivity contribution in [3.05, 3.63) is 51.0 Å². The van der Waals surface area contributed by atoms with E-state index in [4.69, 9.17) is 45.4 Å². The summed E-state index contributed by atoms with van der Waals surface area (Å²) in [5.41, 5.74) is 3.20. The van der Waals surface area contributed by atoms with Crippen LogP contribution in [-0.2, 0) is 6.61 Å². The predicted octanol–water partition coefficient (Wildman–Crippen LogP) is 3.91. The Hall–Kier alpha value is -1.20. The van der Waals surface area contributed by atoms with Crippen LogP contribution in [0.3, 0.4) is 0 Å².